The predicted octanol–water partition coefficient (Wildman–Crippen LogP) is 1.49. The quantitative estimate of drug-likeness (QED) is 0.699. The Morgan fingerprint density at radius 3 is 2.39 bits per heavy atom. The summed E-state index contributed by atoms with van der Waals surface area (Å²) in [6, 6.07) is 5.86. The molecule has 0 aliphatic heterocycles. The fraction of sp³-hybridized carbons (Fsp3) is 0.562. The van der Waals surface area contributed by atoms with E-state index in [1.54, 1.807) is 0 Å². The Hall–Kier alpha value is -1.28. The van der Waals surface area contributed by atoms with Crippen molar-refractivity contribution in [2.75, 3.05) is 19.8 Å². The maximum Gasteiger partial charge on any atom is 0.240 e. The second-order valence-corrected chi connectivity index (χ2v) is 7.63. The van der Waals surface area contributed by atoms with E-state index >= 15 is 0 Å². The molecule has 0 amide bonds. The summed E-state index contributed by atoms with van der Waals surface area (Å²) in [5, 5.41) is 8.93. The van der Waals surface area contributed by atoms with Gasteiger partial charge in [0.15, 0.2) is 5.78 Å². The van der Waals surface area contributed by atoms with Gasteiger partial charge in [-0.05, 0) is 31.9 Å². The van der Waals surface area contributed by atoms with Crippen LogP contribution in [0.2, 0.25) is 0 Å². The van der Waals surface area contributed by atoms with Crippen LogP contribution in [-0.2, 0) is 14.8 Å². The van der Waals surface area contributed by atoms with Crippen molar-refractivity contribution in [1.29, 1.82) is 0 Å². The summed E-state index contributed by atoms with van der Waals surface area (Å²) in [6.45, 7) is 1.74. The lowest BCUT2D eigenvalue weighted by atomic mass is 10.0. The Bertz CT molecular complexity index is 633. The van der Waals surface area contributed by atoms with Gasteiger partial charge in [-0.25, -0.2) is 13.1 Å². The molecule has 0 heterocycles. The van der Waals surface area contributed by atoms with E-state index in [1.807, 2.05) is 0 Å². The van der Waals surface area contributed by atoms with Gasteiger partial charge in [0.05, 0.1) is 23.7 Å². The van der Waals surface area contributed by atoms with E-state index in [9.17, 15) is 13.2 Å². The van der Waals surface area contributed by atoms with E-state index in [4.69, 9.17) is 9.84 Å². The molecule has 1 aromatic carbocycles. The highest BCUT2D eigenvalue weighted by Gasteiger charge is 2.36. The van der Waals surface area contributed by atoms with Gasteiger partial charge in [-0.3, -0.25) is 4.79 Å². The van der Waals surface area contributed by atoms with Crippen LogP contribution < -0.4 is 4.72 Å². The number of ether oxygens (including phenoxy) is 1. The van der Waals surface area contributed by atoms with Crippen LogP contribution in [-0.4, -0.2) is 44.7 Å². The van der Waals surface area contributed by atoms with Crippen molar-refractivity contribution in [1.82, 2.24) is 4.72 Å². The first-order chi connectivity index (χ1) is 10.9. The fourth-order valence-corrected chi connectivity index (χ4v) is 3.95. The Balaban J connectivity index is 2.06. The molecule has 6 nitrogen and oxygen atoms in total. The van der Waals surface area contributed by atoms with Crippen LogP contribution >= 0.6 is 0 Å². The number of sulfonamides is 1. The molecule has 0 atom stereocenters. The largest absolute Gasteiger partial charge is 0.394 e. The number of aliphatic hydroxyl groups is 1. The van der Waals surface area contributed by atoms with Gasteiger partial charge in [0.1, 0.15) is 0 Å². The van der Waals surface area contributed by atoms with Crippen molar-refractivity contribution in [2.45, 2.75) is 43.1 Å². The summed E-state index contributed by atoms with van der Waals surface area (Å²) in [5.41, 5.74) is -0.0581. The second kappa shape index (κ2) is 7.53. The maximum atomic E-state index is 12.4. The number of Topliss-reactive ketones (excluding diaryl/α,β-unsaturated/α-hetero) is 1. The van der Waals surface area contributed by atoms with Crippen molar-refractivity contribution in [2.24, 2.45) is 0 Å². The minimum Gasteiger partial charge on any atom is -0.394 e. The summed E-state index contributed by atoms with van der Waals surface area (Å²) >= 11 is 0. The Kier molecular flexibility index (Phi) is 5.91. The van der Waals surface area contributed by atoms with Gasteiger partial charge in [0.2, 0.25) is 10.0 Å². The van der Waals surface area contributed by atoms with Crippen molar-refractivity contribution < 1.29 is 23.1 Å². The molecule has 1 saturated carbocycles. The molecule has 1 aromatic rings. The molecule has 2 rings (SSSR count). The van der Waals surface area contributed by atoms with E-state index in [2.05, 4.69) is 4.72 Å². The lowest BCUT2D eigenvalue weighted by molar-refractivity contribution is -0.0492. The Morgan fingerprint density at radius 2 is 1.87 bits per heavy atom. The van der Waals surface area contributed by atoms with Crippen LogP contribution in [0.3, 0.4) is 0 Å². The number of carbonyl (C=O) groups excluding carboxylic acids is 1. The van der Waals surface area contributed by atoms with Crippen LogP contribution in [0, 0.1) is 0 Å². The van der Waals surface area contributed by atoms with E-state index < -0.39 is 15.6 Å². The van der Waals surface area contributed by atoms with Crippen molar-refractivity contribution in [3.05, 3.63) is 29.8 Å². The van der Waals surface area contributed by atoms with Gasteiger partial charge >= 0.3 is 0 Å². The number of hydrogen-bond acceptors (Lipinski definition) is 5. The SMILES string of the molecule is CC(=O)c1ccc(S(=O)(=O)NCC2(OCCO)CCCC2)cc1. The summed E-state index contributed by atoms with van der Waals surface area (Å²) in [7, 11) is -3.66. The number of nitrogens with one attached hydrogen (secondary N) is 1. The molecule has 7 heteroatoms. The predicted molar refractivity (Wildman–Crippen MR) is 85.9 cm³/mol. The summed E-state index contributed by atoms with van der Waals surface area (Å²) in [5.74, 6) is -0.107. The monoisotopic (exact) mass is 341 g/mol. The van der Waals surface area contributed by atoms with Crippen LogP contribution in [0.15, 0.2) is 29.2 Å². The van der Waals surface area contributed by atoms with Crippen LogP contribution in [0.25, 0.3) is 0 Å². The molecule has 1 aliphatic rings. The van der Waals surface area contributed by atoms with Gasteiger partial charge in [-0.15, -0.1) is 0 Å². The highest BCUT2D eigenvalue weighted by atomic mass is 32.2. The van der Waals surface area contributed by atoms with E-state index in [0.29, 0.717) is 5.56 Å². The normalized spacial score (nSPS) is 17.3. The lowest BCUT2D eigenvalue weighted by Gasteiger charge is -2.29. The Morgan fingerprint density at radius 1 is 1.26 bits per heavy atom. The first-order valence-corrected chi connectivity index (χ1v) is 9.22. The zero-order chi connectivity index (χ0) is 16.9. The van der Waals surface area contributed by atoms with E-state index in [-0.39, 0.29) is 30.4 Å². The standard InChI is InChI=1S/C16H23NO5S/c1-13(19)14-4-6-15(7-5-14)23(20,21)17-12-16(22-11-10-18)8-2-3-9-16/h4-7,17-18H,2-3,8-12H2,1H3. The fourth-order valence-electron chi connectivity index (χ4n) is 2.83. The van der Waals surface area contributed by atoms with Crippen molar-refractivity contribution in [3.63, 3.8) is 0 Å². The number of aliphatic hydroxyl groups excluding tert-OH is 1. The highest BCUT2D eigenvalue weighted by molar-refractivity contribution is 7.89. The zero-order valence-corrected chi connectivity index (χ0v) is 14.1. The van der Waals surface area contributed by atoms with Crippen molar-refractivity contribution >= 4 is 15.8 Å². The molecule has 0 unspecified atom stereocenters. The zero-order valence-electron chi connectivity index (χ0n) is 13.2. The molecule has 1 fully saturated rings. The highest BCUT2D eigenvalue weighted by Crippen LogP contribution is 2.33. The third-order valence-electron chi connectivity index (χ3n) is 4.17. The maximum absolute atomic E-state index is 12.4. The van der Waals surface area contributed by atoms with Crippen LogP contribution in [0.5, 0.6) is 0 Å². The van der Waals surface area contributed by atoms with Crippen molar-refractivity contribution in [3.8, 4) is 0 Å². The molecule has 2 N–H and O–H groups in total. The number of benzene rings is 1. The van der Waals surface area contributed by atoms with Gasteiger partial charge in [0, 0.05) is 12.1 Å². The summed E-state index contributed by atoms with van der Waals surface area (Å²) in [4.78, 5) is 11.4. The van der Waals surface area contributed by atoms with E-state index in [0.717, 1.165) is 25.7 Å². The topological polar surface area (TPSA) is 92.7 Å². The molecule has 1 aliphatic carbocycles. The van der Waals surface area contributed by atoms with Gasteiger partial charge in [0.25, 0.3) is 0 Å². The molecule has 23 heavy (non-hydrogen) atoms. The summed E-state index contributed by atoms with van der Waals surface area (Å²) < 4.78 is 33.1. The summed E-state index contributed by atoms with van der Waals surface area (Å²) in [6.07, 6.45) is 3.53. The molecule has 0 spiro atoms. The molecular formula is C16H23NO5S. The number of ketones is 1. The number of carbonyl (C=O) groups is 1. The van der Waals surface area contributed by atoms with Crippen LogP contribution in [0.1, 0.15) is 43.0 Å². The third kappa shape index (κ3) is 4.60. The number of rotatable bonds is 8. The first kappa shape index (κ1) is 18.1. The Labute approximate surface area is 136 Å². The molecule has 0 bridgehead atoms. The average Bonchev–Trinajstić information content (AvgIpc) is 3.01. The molecule has 128 valence electrons. The molecular weight excluding hydrogens is 318 g/mol. The lowest BCUT2D eigenvalue weighted by Crippen LogP contribution is -2.43. The second-order valence-electron chi connectivity index (χ2n) is 5.87. The van der Waals surface area contributed by atoms with Gasteiger partial charge in [-0.1, -0.05) is 25.0 Å². The van der Waals surface area contributed by atoms with Gasteiger partial charge in [-0.2, -0.15) is 0 Å². The van der Waals surface area contributed by atoms with E-state index in [1.165, 1.54) is 31.2 Å². The smallest absolute Gasteiger partial charge is 0.240 e. The molecule has 0 saturated heterocycles. The third-order valence-corrected chi connectivity index (χ3v) is 5.59. The minimum atomic E-state index is -3.66. The number of hydrogen-bond donors (Lipinski definition) is 2. The minimum absolute atomic E-state index is 0.0823. The average molecular weight is 341 g/mol. The van der Waals surface area contributed by atoms with Gasteiger partial charge < -0.3 is 9.84 Å². The van der Waals surface area contributed by atoms with Crippen LogP contribution in [0.4, 0.5) is 0 Å². The first-order valence-electron chi connectivity index (χ1n) is 7.74. The molecule has 0 radical (unpaired) electrons. The molecule has 0 aromatic heterocycles.